The number of aliphatic hydroxyl groups is 1. The lowest BCUT2D eigenvalue weighted by Crippen LogP contribution is -2.40. The van der Waals surface area contributed by atoms with Crippen molar-refractivity contribution in [3.05, 3.63) is 55.8 Å². The zero-order chi connectivity index (χ0) is 22.7. The van der Waals surface area contributed by atoms with E-state index in [1.807, 2.05) is 35.9 Å². The minimum atomic E-state index is -0.424. The maximum absolute atomic E-state index is 13.4. The summed E-state index contributed by atoms with van der Waals surface area (Å²) in [5, 5.41) is 14.7. The monoisotopic (exact) mass is 456 g/mol. The van der Waals surface area contributed by atoms with Crippen molar-refractivity contribution >= 4 is 39.6 Å². The molecule has 1 aliphatic rings. The van der Waals surface area contributed by atoms with E-state index in [1.165, 1.54) is 9.13 Å². The average Bonchev–Trinajstić information content (AvgIpc) is 3.40. The van der Waals surface area contributed by atoms with Gasteiger partial charge in [-0.2, -0.15) is 4.98 Å². The molecular weight excluding hydrogens is 432 g/mol. The number of aliphatic hydroxyl groups excluding tert-OH is 1. The lowest BCUT2D eigenvalue weighted by molar-refractivity contribution is 0.182. The molecule has 3 aromatic heterocycles. The molecule has 5 rings (SSSR count). The van der Waals surface area contributed by atoms with Crippen molar-refractivity contribution in [3.8, 4) is 0 Å². The Kier molecular flexibility index (Phi) is 4.90. The van der Waals surface area contributed by atoms with E-state index >= 15 is 0 Å². The minimum absolute atomic E-state index is 0.0855. The van der Waals surface area contributed by atoms with Gasteiger partial charge < -0.3 is 19.6 Å². The molecule has 0 radical (unpaired) electrons. The van der Waals surface area contributed by atoms with Gasteiger partial charge in [-0.25, -0.2) is 4.79 Å². The summed E-state index contributed by atoms with van der Waals surface area (Å²) < 4.78 is 6.30. The Labute approximate surface area is 188 Å². The normalized spacial score (nSPS) is 18.8. The first-order valence-electron chi connectivity index (χ1n) is 10.6. The van der Waals surface area contributed by atoms with Crippen LogP contribution in [0.25, 0.3) is 22.1 Å². The number of imidazole rings is 1. The Hall–Kier alpha value is -3.04. The second kappa shape index (κ2) is 7.53. The maximum atomic E-state index is 13.4. The first kappa shape index (κ1) is 20.8. The minimum Gasteiger partial charge on any atom is -0.393 e. The number of nitrogens with one attached hydrogen (secondary N) is 1. The van der Waals surface area contributed by atoms with Crippen LogP contribution in [0.1, 0.15) is 25.0 Å². The summed E-state index contributed by atoms with van der Waals surface area (Å²) >= 11 is 6.12. The Morgan fingerprint density at radius 3 is 2.62 bits per heavy atom. The highest BCUT2D eigenvalue weighted by molar-refractivity contribution is 6.31. The lowest BCUT2D eigenvalue weighted by atomic mass is 10.2. The predicted molar refractivity (Wildman–Crippen MR) is 125 cm³/mol. The van der Waals surface area contributed by atoms with E-state index in [1.54, 1.807) is 18.7 Å². The number of hydrogen-bond donors (Lipinski definition) is 2. The summed E-state index contributed by atoms with van der Waals surface area (Å²) in [4.78, 5) is 31.0. The second-order valence-corrected chi connectivity index (χ2v) is 9.04. The summed E-state index contributed by atoms with van der Waals surface area (Å²) in [6.45, 7) is 0.132. The van der Waals surface area contributed by atoms with E-state index in [4.69, 9.17) is 11.6 Å². The first-order chi connectivity index (χ1) is 15.2. The SMILES string of the molecule is Cn1c(Cn2c(=O)c3c(nc(N[C@@H]4CC[C@H](O)C4)n3C)n(C)c2=O)cc2cc(Cl)ccc21. The Balaban J connectivity index is 1.60. The van der Waals surface area contributed by atoms with Crippen LogP contribution in [-0.4, -0.2) is 40.5 Å². The molecule has 3 heterocycles. The molecule has 9 nitrogen and oxygen atoms in total. The van der Waals surface area contributed by atoms with Gasteiger partial charge in [0.2, 0.25) is 5.95 Å². The van der Waals surface area contributed by atoms with E-state index < -0.39 is 5.69 Å². The third kappa shape index (κ3) is 3.23. The fourth-order valence-electron chi connectivity index (χ4n) is 4.67. The summed E-state index contributed by atoms with van der Waals surface area (Å²) in [6.07, 6.45) is 1.89. The number of rotatable bonds is 4. The van der Waals surface area contributed by atoms with Gasteiger partial charge in [0.1, 0.15) is 0 Å². The molecule has 0 spiro atoms. The second-order valence-electron chi connectivity index (χ2n) is 8.61. The van der Waals surface area contributed by atoms with Crippen molar-refractivity contribution in [1.82, 2.24) is 23.3 Å². The van der Waals surface area contributed by atoms with Gasteiger partial charge in [-0.3, -0.25) is 13.9 Å². The standard InChI is InChI=1S/C22H25ClN6O3/c1-26-15(9-12-8-13(23)4-7-17(12)26)11-29-20(31)18-19(28(3)22(29)32)25-21(27(18)2)24-14-5-6-16(30)10-14/h4,7-9,14,16,30H,5-6,10-11H2,1-3H3,(H,24,25)/t14-,16+/m1/s1. The van der Waals surface area contributed by atoms with Crippen molar-refractivity contribution in [3.63, 3.8) is 0 Å². The Bertz CT molecular complexity index is 1480. The number of hydrogen-bond acceptors (Lipinski definition) is 5. The van der Waals surface area contributed by atoms with Crippen molar-refractivity contribution < 1.29 is 5.11 Å². The largest absolute Gasteiger partial charge is 0.393 e. The van der Waals surface area contributed by atoms with Gasteiger partial charge in [-0.05, 0) is 43.5 Å². The van der Waals surface area contributed by atoms with Gasteiger partial charge in [0, 0.05) is 48.8 Å². The number of aromatic nitrogens is 5. The molecule has 0 aliphatic heterocycles. The zero-order valence-corrected chi connectivity index (χ0v) is 18.9. The van der Waals surface area contributed by atoms with Crippen LogP contribution in [0, 0.1) is 0 Å². The third-order valence-corrected chi connectivity index (χ3v) is 6.76. The Morgan fingerprint density at radius 1 is 1.12 bits per heavy atom. The molecule has 0 bridgehead atoms. The van der Waals surface area contributed by atoms with Gasteiger partial charge in [-0.15, -0.1) is 0 Å². The predicted octanol–water partition coefficient (Wildman–Crippen LogP) is 1.95. The van der Waals surface area contributed by atoms with Gasteiger partial charge >= 0.3 is 5.69 Å². The molecule has 0 amide bonds. The van der Waals surface area contributed by atoms with Crippen LogP contribution in [0.2, 0.25) is 5.02 Å². The molecule has 32 heavy (non-hydrogen) atoms. The zero-order valence-electron chi connectivity index (χ0n) is 18.2. The molecule has 1 fully saturated rings. The lowest BCUT2D eigenvalue weighted by Gasteiger charge is -2.12. The maximum Gasteiger partial charge on any atom is 0.332 e. The van der Waals surface area contributed by atoms with E-state index in [-0.39, 0.29) is 24.2 Å². The molecule has 0 unspecified atom stereocenters. The van der Waals surface area contributed by atoms with E-state index in [0.29, 0.717) is 28.6 Å². The number of anilines is 1. The average molecular weight is 457 g/mol. The van der Waals surface area contributed by atoms with Crippen LogP contribution in [0.4, 0.5) is 5.95 Å². The smallest absolute Gasteiger partial charge is 0.332 e. The summed E-state index contributed by atoms with van der Waals surface area (Å²) in [7, 11) is 5.29. The van der Waals surface area contributed by atoms with Gasteiger partial charge in [0.25, 0.3) is 5.56 Å². The van der Waals surface area contributed by atoms with Gasteiger partial charge in [0.05, 0.1) is 12.6 Å². The topological polar surface area (TPSA) is 99.0 Å². The Morgan fingerprint density at radius 2 is 1.91 bits per heavy atom. The molecule has 10 heteroatoms. The highest BCUT2D eigenvalue weighted by Crippen LogP contribution is 2.25. The van der Waals surface area contributed by atoms with Gasteiger partial charge in [0.15, 0.2) is 11.2 Å². The van der Waals surface area contributed by atoms with E-state index in [9.17, 15) is 14.7 Å². The molecule has 1 saturated carbocycles. The fraction of sp³-hybridized carbons (Fsp3) is 0.409. The van der Waals surface area contributed by atoms with Crippen molar-refractivity contribution in [2.45, 2.75) is 38.0 Å². The number of nitrogens with zero attached hydrogens (tertiary/aromatic N) is 5. The summed E-state index contributed by atoms with van der Waals surface area (Å²) in [6, 6.07) is 7.63. The molecule has 168 valence electrons. The van der Waals surface area contributed by atoms with E-state index in [0.717, 1.165) is 29.4 Å². The van der Waals surface area contributed by atoms with Gasteiger partial charge in [-0.1, -0.05) is 11.6 Å². The van der Waals surface area contributed by atoms with Crippen LogP contribution in [0.15, 0.2) is 33.9 Å². The third-order valence-electron chi connectivity index (χ3n) is 6.52. The molecule has 2 atom stereocenters. The van der Waals surface area contributed by atoms with Crippen molar-refractivity contribution in [1.29, 1.82) is 0 Å². The van der Waals surface area contributed by atoms with Crippen LogP contribution in [-0.2, 0) is 27.7 Å². The first-order valence-corrected chi connectivity index (χ1v) is 11.0. The molecular formula is C22H25ClN6O3. The number of halogens is 1. The number of aryl methyl sites for hydroxylation is 3. The number of benzene rings is 1. The van der Waals surface area contributed by atoms with Crippen molar-refractivity contribution in [2.24, 2.45) is 21.1 Å². The molecule has 2 N–H and O–H groups in total. The summed E-state index contributed by atoms with van der Waals surface area (Å²) in [5.41, 5.74) is 1.67. The molecule has 1 aliphatic carbocycles. The molecule has 0 saturated heterocycles. The van der Waals surface area contributed by atoms with Crippen LogP contribution < -0.4 is 16.6 Å². The highest BCUT2D eigenvalue weighted by atomic mass is 35.5. The van der Waals surface area contributed by atoms with Crippen molar-refractivity contribution in [2.75, 3.05) is 5.32 Å². The number of fused-ring (bicyclic) bond motifs is 2. The quantitative estimate of drug-likeness (QED) is 0.489. The highest BCUT2D eigenvalue weighted by Gasteiger charge is 2.25. The fourth-order valence-corrected chi connectivity index (χ4v) is 4.86. The van der Waals surface area contributed by atoms with E-state index in [2.05, 4.69) is 10.3 Å². The molecule has 1 aromatic carbocycles. The van der Waals surface area contributed by atoms with Crippen LogP contribution in [0.3, 0.4) is 0 Å². The summed E-state index contributed by atoms with van der Waals surface area (Å²) in [5.74, 6) is 0.517. The molecule has 4 aromatic rings. The van der Waals surface area contributed by atoms with Crippen LogP contribution >= 0.6 is 11.6 Å². The van der Waals surface area contributed by atoms with Crippen LogP contribution in [0.5, 0.6) is 0 Å².